The summed E-state index contributed by atoms with van der Waals surface area (Å²) in [6, 6.07) is 4.96. The van der Waals surface area contributed by atoms with Gasteiger partial charge < -0.3 is 20.5 Å². The van der Waals surface area contributed by atoms with Crippen molar-refractivity contribution in [1.82, 2.24) is 19.9 Å². The number of carbonyl (C=O) groups is 1. The second kappa shape index (κ2) is 10.8. The van der Waals surface area contributed by atoms with Gasteiger partial charge in [0.05, 0.1) is 10.9 Å². The lowest BCUT2D eigenvalue weighted by Gasteiger charge is -2.31. The summed E-state index contributed by atoms with van der Waals surface area (Å²) in [5.74, 6) is -1.64. The Kier molecular flexibility index (Phi) is 6.99. The van der Waals surface area contributed by atoms with Gasteiger partial charge in [-0.2, -0.15) is 9.97 Å². The molecular weight excluding hydrogens is 573 g/mol. The first-order valence-corrected chi connectivity index (χ1v) is 15.1. The smallest absolute Gasteiger partial charge is 0.319 e. The number of pyridine rings is 1. The Morgan fingerprint density at radius 1 is 1.20 bits per heavy atom. The van der Waals surface area contributed by atoms with Gasteiger partial charge in [-0.05, 0) is 73.2 Å². The van der Waals surface area contributed by atoms with Crippen LogP contribution in [0.5, 0.6) is 11.8 Å². The van der Waals surface area contributed by atoms with Crippen LogP contribution in [0, 0.1) is 11.6 Å². The molecular formula is C32H33F3N6O3. The van der Waals surface area contributed by atoms with Crippen LogP contribution in [0.15, 0.2) is 30.5 Å². The van der Waals surface area contributed by atoms with E-state index in [1.54, 1.807) is 11.8 Å². The highest BCUT2D eigenvalue weighted by atomic mass is 19.1. The molecule has 4 aromatic rings. The van der Waals surface area contributed by atoms with Crippen LogP contribution >= 0.6 is 0 Å². The van der Waals surface area contributed by atoms with Crippen molar-refractivity contribution in [2.75, 3.05) is 31.1 Å². The molecule has 5 heterocycles. The number of primary amides is 1. The van der Waals surface area contributed by atoms with Gasteiger partial charge in [-0.15, -0.1) is 0 Å². The topological polar surface area (TPSA) is 118 Å². The van der Waals surface area contributed by atoms with E-state index >= 15 is 4.39 Å². The normalized spacial score (nSPS) is 23.6. The number of amides is 1. The quantitative estimate of drug-likeness (QED) is 0.308. The van der Waals surface area contributed by atoms with Crippen LogP contribution < -0.4 is 15.4 Å². The zero-order valence-electron chi connectivity index (χ0n) is 24.3. The first kappa shape index (κ1) is 28.6. The van der Waals surface area contributed by atoms with E-state index in [0.717, 1.165) is 19.4 Å². The van der Waals surface area contributed by atoms with E-state index < -0.39 is 35.3 Å². The molecule has 7 rings (SSSR count). The predicted octanol–water partition coefficient (Wildman–Crippen LogP) is 4.80. The van der Waals surface area contributed by atoms with Crippen molar-refractivity contribution in [3.8, 4) is 23.0 Å². The van der Waals surface area contributed by atoms with E-state index in [1.807, 2.05) is 0 Å². The zero-order valence-corrected chi connectivity index (χ0v) is 24.3. The van der Waals surface area contributed by atoms with Crippen LogP contribution in [0.1, 0.15) is 44.6 Å². The molecule has 3 N–H and O–H groups in total. The largest absolute Gasteiger partial charge is 0.508 e. The Morgan fingerprint density at radius 2 is 2.05 bits per heavy atom. The summed E-state index contributed by atoms with van der Waals surface area (Å²) in [4.78, 5) is 29.7. The SMILES string of the molecule is CCc1c(F)ccc2cc(O)cc(-c3ncc4c(N5CCC[C@H]5C(N)=O)nc(OCC56CCCN5C[C@H](F)C6)nc4c3F)c12. The number of carbonyl (C=O) groups excluding carboxylic acids is 1. The molecule has 2 aromatic carbocycles. The summed E-state index contributed by atoms with van der Waals surface area (Å²) in [7, 11) is 0. The fourth-order valence-corrected chi connectivity index (χ4v) is 7.49. The fourth-order valence-electron chi connectivity index (χ4n) is 7.49. The Morgan fingerprint density at radius 3 is 2.84 bits per heavy atom. The van der Waals surface area contributed by atoms with Gasteiger partial charge >= 0.3 is 6.01 Å². The number of phenols is 1. The molecule has 3 aliphatic rings. The maximum atomic E-state index is 16.7. The summed E-state index contributed by atoms with van der Waals surface area (Å²) in [5, 5.41) is 11.8. The highest BCUT2D eigenvalue weighted by molar-refractivity contribution is 6.02. The van der Waals surface area contributed by atoms with E-state index in [1.165, 1.54) is 30.5 Å². The van der Waals surface area contributed by atoms with Gasteiger partial charge in [0.15, 0.2) is 5.82 Å². The summed E-state index contributed by atoms with van der Waals surface area (Å²) in [5.41, 5.74) is 5.59. The summed E-state index contributed by atoms with van der Waals surface area (Å²) in [6.45, 7) is 3.52. The molecule has 0 saturated carbocycles. The number of nitrogens with two attached hydrogens (primary N) is 1. The van der Waals surface area contributed by atoms with Gasteiger partial charge in [-0.3, -0.25) is 14.7 Å². The molecule has 2 aromatic heterocycles. The van der Waals surface area contributed by atoms with Gasteiger partial charge in [-0.1, -0.05) is 13.0 Å². The second-order valence-corrected chi connectivity index (χ2v) is 12.1. The van der Waals surface area contributed by atoms with E-state index in [2.05, 4.69) is 19.9 Å². The molecule has 1 unspecified atom stereocenters. The Balaban J connectivity index is 1.39. The Hall–Kier alpha value is -4.19. The number of fused-ring (bicyclic) bond motifs is 3. The van der Waals surface area contributed by atoms with Gasteiger partial charge in [-0.25, -0.2) is 13.2 Å². The van der Waals surface area contributed by atoms with E-state index in [4.69, 9.17) is 10.5 Å². The number of aromatic nitrogens is 3. The van der Waals surface area contributed by atoms with Crippen LogP contribution in [0.2, 0.25) is 0 Å². The van der Waals surface area contributed by atoms with Crippen molar-refractivity contribution < 1.29 is 27.8 Å². The molecule has 3 aliphatic heterocycles. The average molecular weight is 607 g/mol. The molecule has 9 nitrogen and oxygen atoms in total. The maximum absolute atomic E-state index is 16.7. The van der Waals surface area contributed by atoms with Crippen LogP contribution in [0.4, 0.5) is 19.0 Å². The molecule has 44 heavy (non-hydrogen) atoms. The number of rotatable bonds is 7. The molecule has 1 amide bonds. The number of benzene rings is 2. The molecule has 3 saturated heterocycles. The minimum Gasteiger partial charge on any atom is -0.508 e. The Bertz CT molecular complexity index is 1810. The number of halogens is 3. The number of ether oxygens (including phenoxy) is 1. The summed E-state index contributed by atoms with van der Waals surface area (Å²) < 4.78 is 52.2. The monoisotopic (exact) mass is 606 g/mol. The minimum absolute atomic E-state index is 0.105. The number of hydrogen-bond donors (Lipinski definition) is 2. The number of hydrogen-bond acceptors (Lipinski definition) is 8. The van der Waals surface area contributed by atoms with E-state index in [0.29, 0.717) is 55.1 Å². The number of nitrogens with zero attached hydrogens (tertiary/aromatic N) is 5. The molecule has 0 spiro atoms. The molecule has 0 bridgehead atoms. The third kappa shape index (κ3) is 4.58. The highest BCUT2D eigenvalue weighted by Crippen LogP contribution is 2.42. The molecule has 230 valence electrons. The number of anilines is 1. The van der Waals surface area contributed by atoms with Crippen LogP contribution in [0.3, 0.4) is 0 Å². The molecule has 3 fully saturated rings. The maximum Gasteiger partial charge on any atom is 0.319 e. The van der Waals surface area contributed by atoms with Crippen LogP contribution in [-0.2, 0) is 11.2 Å². The third-order valence-electron chi connectivity index (χ3n) is 9.49. The van der Waals surface area contributed by atoms with Gasteiger partial charge in [0, 0.05) is 31.3 Å². The summed E-state index contributed by atoms with van der Waals surface area (Å²) >= 11 is 0. The van der Waals surface area contributed by atoms with Crippen molar-refractivity contribution in [3.05, 3.63) is 47.7 Å². The van der Waals surface area contributed by atoms with Gasteiger partial charge in [0.2, 0.25) is 5.91 Å². The Labute approximate surface area is 251 Å². The lowest BCUT2D eigenvalue weighted by atomic mass is 9.94. The second-order valence-electron chi connectivity index (χ2n) is 12.1. The fraction of sp³-hybridized carbons (Fsp3) is 0.438. The number of aromatic hydroxyl groups is 1. The first-order chi connectivity index (χ1) is 21.2. The third-order valence-corrected chi connectivity index (χ3v) is 9.49. The lowest BCUT2D eigenvalue weighted by Crippen LogP contribution is -2.43. The number of alkyl halides is 1. The van der Waals surface area contributed by atoms with Crippen molar-refractivity contribution in [3.63, 3.8) is 0 Å². The molecule has 0 radical (unpaired) electrons. The predicted molar refractivity (Wildman–Crippen MR) is 159 cm³/mol. The van der Waals surface area contributed by atoms with Crippen LogP contribution in [-0.4, -0.2) is 74.9 Å². The van der Waals surface area contributed by atoms with E-state index in [9.17, 15) is 18.7 Å². The van der Waals surface area contributed by atoms with E-state index in [-0.39, 0.29) is 46.3 Å². The molecule has 0 aliphatic carbocycles. The first-order valence-electron chi connectivity index (χ1n) is 15.1. The van der Waals surface area contributed by atoms with Crippen molar-refractivity contribution >= 4 is 33.4 Å². The van der Waals surface area contributed by atoms with Gasteiger partial charge in [0.25, 0.3) is 0 Å². The van der Waals surface area contributed by atoms with Crippen LogP contribution in [0.25, 0.3) is 32.9 Å². The summed E-state index contributed by atoms with van der Waals surface area (Å²) in [6.07, 6.45) is 4.04. The highest BCUT2D eigenvalue weighted by Gasteiger charge is 2.49. The standard InChI is InChI=1S/C32H33F3N6O3/c1-2-20-23(34)7-6-17-11-19(42)12-21(25(17)20)27-26(35)28-22(14-37-27)30(41-10-3-5-24(41)29(36)43)39-31(38-28)44-16-32-8-4-9-40(32)15-18(33)13-32/h6-7,11-12,14,18,24,42H,2-5,8-10,13,15-16H2,1H3,(H2,36,43)/t18-,24+,32?/m1/s1. The molecule has 12 heteroatoms. The minimum atomic E-state index is -0.950. The van der Waals surface area contributed by atoms with Gasteiger partial charge in [0.1, 0.15) is 47.4 Å². The molecule has 3 atom stereocenters. The number of phenolic OH excluding ortho intramolecular Hbond substituents is 1. The van der Waals surface area contributed by atoms with Crippen molar-refractivity contribution in [2.45, 2.75) is 63.2 Å². The van der Waals surface area contributed by atoms with Crippen molar-refractivity contribution in [1.29, 1.82) is 0 Å². The zero-order chi connectivity index (χ0) is 30.7. The average Bonchev–Trinajstić information content (AvgIpc) is 3.71. The van der Waals surface area contributed by atoms with Crippen molar-refractivity contribution in [2.24, 2.45) is 5.73 Å². The number of aryl methyl sites for hydroxylation is 1. The lowest BCUT2D eigenvalue weighted by molar-refractivity contribution is -0.119.